The molecule has 0 amide bonds. The Kier molecular flexibility index (Phi) is 4.89. The van der Waals surface area contributed by atoms with E-state index in [1.165, 1.54) is 0 Å². The molecular formula is C14H15F2N3S. The van der Waals surface area contributed by atoms with Crippen molar-refractivity contribution in [1.29, 1.82) is 0 Å². The van der Waals surface area contributed by atoms with Crippen LogP contribution in [0.15, 0.2) is 35.2 Å². The van der Waals surface area contributed by atoms with E-state index >= 15 is 0 Å². The molecular weight excluding hydrogens is 280 g/mol. The Hall–Kier alpha value is -1.69. The number of alkyl halides is 2. The molecule has 0 aliphatic carbocycles. The molecule has 0 spiro atoms. The van der Waals surface area contributed by atoms with Crippen LogP contribution < -0.4 is 5.32 Å². The molecule has 1 aromatic heterocycles. The fourth-order valence-corrected chi connectivity index (χ4v) is 2.29. The second-order valence-electron chi connectivity index (χ2n) is 4.12. The molecule has 0 radical (unpaired) electrons. The number of rotatable bonds is 5. The van der Waals surface area contributed by atoms with Crippen molar-refractivity contribution in [2.45, 2.75) is 24.5 Å². The van der Waals surface area contributed by atoms with Crippen LogP contribution in [0, 0.1) is 6.92 Å². The van der Waals surface area contributed by atoms with Crippen LogP contribution in [0.1, 0.15) is 12.7 Å². The van der Waals surface area contributed by atoms with Gasteiger partial charge in [-0.15, -0.1) is 0 Å². The lowest BCUT2D eigenvalue weighted by atomic mass is 10.1. The largest absolute Gasteiger partial charge is 0.370 e. The highest BCUT2D eigenvalue weighted by atomic mass is 32.2. The van der Waals surface area contributed by atoms with Crippen molar-refractivity contribution in [2.75, 3.05) is 11.9 Å². The number of anilines is 1. The van der Waals surface area contributed by atoms with E-state index in [1.54, 1.807) is 24.3 Å². The highest BCUT2D eigenvalue weighted by Crippen LogP contribution is 2.28. The van der Waals surface area contributed by atoms with Gasteiger partial charge in [0.25, 0.3) is 5.76 Å². The topological polar surface area (TPSA) is 37.8 Å². The summed E-state index contributed by atoms with van der Waals surface area (Å²) in [5.74, 6) is -0.965. The highest BCUT2D eigenvalue weighted by Gasteiger charge is 2.07. The maximum absolute atomic E-state index is 12.3. The first-order valence-electron chi connectivity index (χ1n) is 6.23. The molecule has 0 saturated carbocycles. The summed E-state index contributed by atoms with van der Waals surface area (Å²) >= 11 is 0.538. The molecule has 0 aliphatic rings. The Labute approximate surface area is 120 Å². The van der Waals surface area contributed by atoms with E-state index < -0.39 is 5.76 Å². The predicted octanol–water partition coefficient (Wildman–Crippen LogP) is 4.20. The summed E-state index contributed by atoms with van der Waals surface area (Å²) in [7, 11) is 0. The highest BCUT2D eigenvalue weighted by molar-refractivity contribution is 7.99. The predicted molar refractivity (Wildman–Crippen MR) is 78.2 cm³/mol. The lowest BCUT2D eigenvalue weighted by Crippen LogP contribution is -2.02. The van der Waals surface area contributed by atoms with Crippen LogP contribution in [-0.4, -0.2) is 22.3 Å². The number of aromatic nitrogens is 2. The number of aryl methyl sites for hydroxylation is 1. The molecule has 0 unspecified atom stereocenters. The van der Waals surface area contributed by atoms with Crippen molar-refractivity contribution in [3.8, 4) is 11.3 Å². The molecule has 20 heavy (non-hydrogen) atoms. The molecule has 6 heteroatoms. The molecule has 3 nitrogen and oxygen atoms in total. The van der Waals surface area contributed by atoms with Crippen LogP contribution in [0.5, 0.6) is 0 Å². The standard InChI is InChI=1S/C14H15F2N3S/c1-3-17-13-8-12(18-9(2)19-13)10-4-6-11(7-5-10)20-14(15)16/h4-8,14H,3H2,1-2H3,(H,17,18,19). The normalized spacial score (nSPS) is 10.8. The van der Waals surface area contributed by atoms with Crippen molar-refractivity contribution >= 4 is 17.6 Å². The minimum absolute atomic E-state index is 0.538. The second kappa shape index (κ2) is 6.65. The van der Waals surface area contributed by atoms with E-state index in [0.717, 1.165) is 23.6 Å². The Bertz CT molecular complexity index is 573. The minimum atomic E-state index is -2.40. The molecule has 2 aromatic rings. The van der Waals surface area contributed by atoms with Crippen molar-refractivity contribution < 1.29 is 8.78 Å². The summed E-state index contributed by atoms with van der Waals surface area (Å²) < 4.78 is 24.5. The van der Waals surface area contributed by atoms with Crippen molar-refractivity contribution in [2.24, 2.45) is 0 Å². The number of benzene rings is 1. The van der Waals surface area contributed by atoms with Crippen LogP contribution in [0.3, 0.4) is 0 Å². The molecule has 0 aliphatic heterocycles. The van der Waals surface area contributed by atoms with Gasteiger partial charge in [0, 0.05) is 23.1 Å². The van der Waals surface area contributed by atoms with Gasteiger partial charge in [-0.3, -0.25) is 0 Å². The number of nitrogens with zero attached hydrogens (tertiary/aromatic N) is 2. The quantitative estimate of drug-likeness (QED) is 0.839. The maximum Gasteiger partial charge on any atom is 0.288 e. The van der Waals surface area contributed by atoms with Gasteiger partial charge in [-0.25, -0.2) is 9.97 Å². The van der Waals surface area contributed by atoms with E-state index in [9.17, 15) is 8.78 Å². The Balaban J connectivity index is 2.26. The second-order valence-corrected chi connectivity index (χ2v) is 5.18. The van der Waals surface area contributed by atoms with E-state index in [-0.39, 0.29) is 0 Å². The molecule has 2 rings (SSSR count). The third kappa shape index (κ3) is 3.90. The van der Waals surface area contributed by atoms with Crippen LogP contribution in [-0.2, 0) is 0 Å². The van der Waals surface area contributed by atoms with Gasteiger partial charge in [0.1, 0.15) is 11.6 Å². The van der Waals surface area contributed by atoms with Gasteiger partial charge in [0.2, 0.25) is 0 Å². The fraction of sp³-hybridized carbons (Fsp3) is 0.286. The molecule has 0 atom stereocenters. The molecule has 0 bridgehead atoms. The van der Waals surface area contributed by atoms with Gasteiger partial charge in [-0.05, 0) is 26.0 Å². The monoisotopic (exact) mass is 295 g/mol. The molecule has 0 fully saturated rings. The van der Waals surface area contributed by atoms with Gasteiger partial charge in [0.05, 0.1) is 5.69 Å². The van der Waals surface area contributed by atoms with E-state index in [4.69, 9.17) is 0 Å². The lowest BCUT2D eigenvalue weighted by molar-refractivity contribution is 0.252. The van der Waals surface area contributed by atoms with Crippen molar-refractivity contribution in [1.82, 2.24) is 9.97 Å². The number of thioether (sulfide) groups is 1. The summed E-state index contributed by atoms with van der Waals surface area (Å²) in [4.78, 5) is 9.19. The van der Waals surface area contributed by atoms with Gasteiger partial charge in [0.15, 0.2) is 0 Å². The summed E-state index contributed by atoms with van der Waals surface area (Å²) in [6.45, 7) is 4.60. The Morgan fingerprint density at radius 1 is 1.20 bits per heavy atom. The first-order chi connectivity index (χ1) is 9.58. The van der Waals surface area contributed by atoms with Crippen molar-refractivity contribution in [3.05, 3.63) is 36.2 Å². The third-order valence-corrected chi connectivity index (χ3v) is 3.29. The fourth-order valence-electron chi connectivity index (χ4n) is 1.79. The number of nitrogens with one attached hydrogen (secondary N) is 1. The smallest absolute Gasteiger partial charge is 0.288 e. The molecule has 106 valence electrons. The van der Waals surface area contributed by atoms with Crippen LogP contribution >= 0.6 is 11.8 Å². The lowest BCUT2D eigenvalue weighted by Gasteiger charge is -2.08. The molecule has 0 saturated heterocycles. The summed E-state index contributed by atoms with van der Waals surface area (Å²) in [5.41, 5.74) is 1.66. The first kappa shape index (κ1) is 14.7. The summed E-state index contributed by atoms with van der Waals surface area (Å²) in [6, 6.07) is 8.79. The van der Waals surface area contributed by atoms with E-state index in [2.05, 4.69) is 15.3 Å². The van der Waals surface area contributed by atoms with Crippen LogP contribution in [0.25, 0.3) is 11.3 Å². The zero-order valence-electron chi connectivity index (χ0n) is 11.2. The Morgan fingerprint density at radius 3 is 2.50 bits per heavy atom. The molecule has 1 N–H and O–H groups in total. The third-order valence-electron chi connectivity index (χ3n) is 2.57. The minimum Gasteiger partial charge on any atom is -0.370 e. The molecule has 1 aromatic carbocycles. The maximum atomic E-state index is 12.3. The van der Waals surface area contributed by atoms with E-state index in [0.29, 0.717) is 22.5 Å². The number of halogens is 2. The zero-order chi connectivity index (χ0) is 14.5. The summed E-state index contributed by atoms with van der Waals surface area (Å²) in [5, 5.41) is 3.14. The van der Waals surface area contributed by atoms with Gasteiger partial charge >= 0.3 is 0 Å². The number of hydrogen-bond donors (Lipinski definition) is 1. The van der Waals surface area contributed by atoms with Gasteiger partial charge in [-0.1, -0.05) is 23.9 Å². The average molecular weight is 295 g/mol. The van der Waals surface area contributed by atoms with E-state index in [1.807, 2.05) is 19.9 Å². The summed E-state index contributed by atoms with van der Waals surface area (Å²) in [6.07, 6.45) is 0. The first-order valence-corrected chi connectivity index (χ1v) is 7.11. The van der Waals surface area contributed by atoms with Gasteiger partial charge in [-0.2, -0.15) is 8.78 Å². The molecule has 1 heterocycles. The Morgan fingerprint density at radius 2 is 1.90 bits per heavy atom. The average Bonchev–Trinajstić information content (AvgIpc) is 2.38. The number of hydrogen-bond acceptors (Lipinski definition) is 4. The zero-order valence-corrected chi connectivity index (χ0v) is 12.0. The van der Waals surface area contributed by atoms with Crippen molar-refractivity contribution in [3.63, 3.8) is 0 Å². The van der Waals surface area contributed by atoms with Crippen LogP contribution in [0.2, 0.25) is 0 Å². The van der Waals surface area contributed by atoms with Crippen LogP contribution in [0.4, 0.5) is 14.6 Å². The van der Waals surface area contributed by atoms with Gasteiger partial charge < -0.3 is 5.32 Å². The SMILES string of the molecule is CCNc1cc(-c2ccc(SC(F)F)cc2)nc(C)n1.